The second-order valence-electron chi connectivity index (χ2n) is 2.69. The van der Waals surface area contributed by atoms with Gasteiger partial charge in [-0.2, -0.15) is 0 Å². The van der Waals surface area contributed by atoms with Gasteiger partial charge < -0.3 is 4.42 Å². The van der Waals surface area contributed by atoms with Gasteiger partial charge in [-0.3, -0.25) is 4.79 Å². The maximum Gasteiger partial charge on any atom is 0.263 e. The molecule has 0 saturated heterocycles. The molecule has 0 bridgehead atoms. The molecule has 1 aromatic heterocycles. The quantitative estimate of drug-likeness (QED) is 0.657. The number of hydrogen-bond donors (Lipinski definition) is 0. The highest BCUT2D eigenvalue weighted by atomic mass is 35.5. The van der Waals surface area contributed by atoms with Crippen molar-refractivity contribution in [2.24, 2.45) is 0 Å². The monoisotopic (exact) mass is 195 g/mol. The van der Waals surface area contributed by atoms with Gasteiger partial charge in [-0.15, -0.1) is 0 Å². The number of benzene rings is 1. The summed E-state index contributed by atoms with van der Waals surface area (Å²) in [6.45, 7) is 1.41. The Hall–Kier alpha value is -1.35. The van der Waals surface area contributed by atoms with Crippen molar-refractivity contribution in [2.45, 2.75) is 6.92 Å². The Morgan fingerprint density at radius 3 is 3.00 bits per heavy atom. The third-order valence-corrected chi connectivity index (χ3v) is 1.89. The lowest BCUT2D eigenvalue weighted by Crippen LogP contribution is -1.89. The fraction of sp³-hybridized carbons (Fsp3) is 0.111. The van der Waals surface area contributed by atoms with Crippen molar-refractivity contribution in [3.05, 3.63) is 29.1 Å². The summed E-state index contributed by atoms with van der Waals surface area (Å²) < 4.78 is 5.17. The third-order valence-electron chi connectivity index (χ3n) is 1.65. The minimum Gasteiger partial charge on any atom is -0.434 e. The van der Waals surface area contributed by atoms with E-state index in [0.717, 1.165) is 0 Å². The van der Waals surface area contributed by atoms with Gasteiger partial charge in [0, 0.05) is 18.0 Å². The van der Waals surface area contributed by atoms with Gasteiger partial charge in [-0.05, 0) is 12.1 Å². The second kappa shape index (κ2) is 2.85. The van der Waals surface area contributed by atoms with E-state index in [1.165, 1.54) is 6.92 Å². The van der Waals surface area contributed by atoms with Crippen molar-refractivity contribution in [2.75, 3.05) is 0 Å². The van der Waals surface area contributed by atoms with Gasteiger partial charge >= 0.3 is 0 Å². The molecule has 2 aromatic rings. The summed E-state index contributed by atoms with van der Waals surface area (Å²) in [5, 5.41) is 0.568. The van der Waals surface area contributed by atoms with Crippen molar-refractivity contribution in [3.8, 4) is 0 Å². The zero-order valence-corrected chi connectivity index (χ0v) is 7.63. The molecule has 0 amide bonds. The van der Waals surface area contributed by atoms with Crippen LogP contribution in [0.25, 0.3) is 11.1 Å². The molecule has 1 aromatic carbocycles. The highest BCUT2D eigenvalue weighted by Gasteiger charge is 2.09. The summed E-state index contributed by atoms with van der Waals surface area (Å²) in [6.07, 6.45) is 0. The lowest BCUT2D eigenvalue weighted by Gasteiger charge is -1.85. The summed E-state index contributed by atoms with van der Waals surface area (Å²) in [7, 11) is 0. The molecule has 0 atom stereocenters. The first-order valence-corrected chi connectivity index (χ1v) is 4.11. The Bertz CT molecular complexity index is 475. The first-order valence-electron chi connectivity index (χ1n) is 3.74. The van der Waals surface area contributed by atoms with Gasteiger partial charge in [0.2, 0.25) is 5.78 Å². The van der Waals surface area contributed by atoms with E-state index in [1.54, 1.807) is 18.2 Å². The van der Waals surface area contributed by atoms with Crippen molar-refractivity contribution in [1.29, 1.82) is 0 Å². The molecular formula is C9H6ClNO2. The first-order chi connectivity index (χ1) is 6.16. The van der Waals surface area contributed by atoms with Crippen LogP contribution < -0.4 is 0 Å². The van der Waals surface area contributed by atoms with Gasteiger partial charge in [0.05, 0.1) is 0 Å². The number of fused-ring (bicyclic) bond motifs is 1. The first kappa shape index (κ1) is 8.26. The van der Waals surface area contributed by atoms with E-state index in [1.807, 2.05) is 0 Å². The largest absolute Gasteiger partial charge is 0.434 e. The van der Waals surface area contributed by atoms with Crippen molar-refractivity contribution in [3.63, 3.8) is 0 Å². The molecule has 1 heterocycles. The molecule has 0 fully saturated rings. The fourth-order valence-corrected chi connectivity index (χ4v) is 1.21. The van der Waals surface area contributed by atoms with E-state index >= 15 is 0 Å². The molecule has 0 spiro atoms. The Morgan fingerprint density at radius 1 is 1.54 bits per heavy atom. The van der Waals surface area contributed by atoms with Crippen LogP contribution in [0.15, 0.2) is 22.6 Å². The van der Waals surface area contributed by atoms with Crippen LogP contribution in [-0.2, 0) is 0 Å². The topological polar surface area (TPSA) is 43.1 Å². The molecule has 3 nitrogen and oxygen atoms in total. The maximum absolute atomic E-state index is 10.9. The van der Waals surface area contributed by atoms with E-state index in [4.69, 9.17) is 16.0 Å². The molecular weight excluding hydrogens is 190 g/mol. The average Bonchev–Trinajstić information content (AvgIpc) is 2.46. The van der Waals surface area contributed by atoms with Gasteiger partial charge in [0.15, 0.2) is 5.58 Å². The highest BCUT2D eigenvalue weighted by Crippen LogP contribution is 2.19. The molecule has 2 rings (SSSR count). The standard InChI is InChI=1S/C9H6ClNO2/c1-5(12)9-11-7-3-2-6(10)4-8(7)13-9/h2-4H,1H3. The Kier molecular flexibility index (Phi) is 1.81. The average molecular weight is 196 g/mol. The van der Waals surface area contributed by atoms with Gasteiger partial charge in [-0.25, -0.2) is 4.98 Å². The number of rotatable bonds is 1. The Balaban J connectivity index is 2.68. The second-order valence-corrected chi connectivity index (χ2v) is 3.12. The predicted molar refractivity (Wildman–Crippen MR) is 49.0 cm³/mol. The fourth-order valence-electron chi connectivity index (χ4n) is 1.05. The van der Waals surface area contributed by atoms with E-state index in [0.29, 0.717) is 16.1 Å². The minimum atomic E-state index is -0.188. The maximum atomic E-state index is 10.9. The van der Waals surface area contributed by atoms with Crippen LogP contribution in [0.2, 0.25) is 5.02 Å². The number of ketones is 1. The number of Topliss-reactive ketones (excluding diaryl/α,β-unsaturated/α-hetero) is 1. The van der Waals surface area contributed by atoms with Gasteiger partial charge in [0.25, 0.3) is 5.89 Å². The SMILES string of the molecule is CC(=O)c1nc2ccc(Cl)cc2o1. The van der Waals surface area contributed by atoms with Crippen molar-refractivity contribution in [1.82, 2.24) is 4.98 Å². The summed E-state index contributed by atoms with van der Waals surface area (Å²) in [4.78, 5) is 14.9. The smallest absolute Gasteiger partial charge is 0.263 e. The molecule has 4 heteroatoms. The molecule has 0 unspecified atom stereocenters. The number of halogens is 1. The zero-order valence-electron chi connectivity index (χ0n) is 6.87. The molecule has 0 saturated carbocycles. The molecule has 0 aliphatic carbocycles. The van der Waals surface area contributed by atoms with E-state index in [9.17, 15) is 4.79 Å². The normalized spacial score (nSPS) is 10.6. The number of oxazole rings is 1. The number of carbonyl (C=O) groups excluding carboxylic acids is 1. The van der Waals surface area contributed by atoms with Crippen molar-refractivity contribution < 1.29 is 9.21 Å². The van der Waals surface area contributed by atoms with Crippen molar-refractivity contribution >= 4 is 28.5 Å². The van der Waals surface area contributed by atoms with Crippen LogP contribution in [0.1, 0.15) is 17.6 Å². The summed E-state index contributed by atoms with van der Waals surface area (Å²) in [5.74, 6) is -0.0652. The number of hydrogen-bond acceptors (Lipinski definition) is 3. The Morgan fingerprint density at radius 2 is 2.31 bits per heavy atom. The zero-order chi connectivity index (χ0) is 9.42. The van der Waals surface area contributed by atoms with Crippen LogP contribution in [-0.4, -0.2) is 10.8 Å². The summed E-state index contributed by atoms with van der Waals surface area (Å²) >= 11 is 5.73. The predicted octanol–water partition coefficient (Wildman–Crippen LogP) is 2.68. The van der Waals surface area contributed by atoms with Crippen LogP contribution in [0.5, 0.6) is 0 Å². The molecule has 66 valence electrons. The highest BCUT2D eigenvalue weighted by molar-refractivity contribution is 6.31. The number of nitrogens with zero attached hydrogens (tertiary/aromatic N) is 1. The summed E-state index contributed by atoms with van der Waals surface area (Å²) in [6, 6.07) is 5.06. The van der Waals surface area contributed by atoms with E-state index in [2.05, 4.69) is 4.98 Å². The molecule has 0 aliphatic rings. The van der Waals surface area contributed by atoms with Crippen LogP contribution >= 0.6 is 11.6 Å². The van der Waals surface area contributed by atoms with E-state index < -0.39 is 0 Å². The van der Waals surface area contributed by atoms with E-state index in [-0.39, 0.29) is 11.7 Å². The van der Waals surface area contributed by atoms with Crippen LogP contribution in [0, 0.1) is 0 Å². The summed E-state index contributed by atoms with van der Waals surface area (Å²) in [5.41, 5.74) is 1.19. The molecule has 0 radical (unpaired) electrons. The number of carbonyl (C=O) groups is 1. The minimum absolute atomic E-state index is 0.122. The third kappa shape index (κ3) is 1.42. The Labute approximate surface area is 79.3 Å². The molecule has 13 heavy (non-hydrogen) atoms. The lowest BCUT2D eigenvalue weighted by atomic mass is 10.3. The van der Waals surface area contributed by atoms with Crippen LogP contribution in [0.4, 0.5) is 0 Å². The molecule has 0 aliphatic heterocycles. The lowest BCUT2D eigenvalue weighted by molar-refractivity contribution is 0.0983. The van der Waals surface area contributed by atoms with Crippen LogP contribution in [0.3, 0.4) is 0 Å². The molecule has 0 N–H and O–H groups in total. The van der Waals surface area contributed by atoms with Gasteiger partial charge in [0.1, 0.15) is 5.52 Å². The van der Waals surface area contributed by atoms with Gasteiger partial charge in [-0.1, -0.05) is 11.6 Å². The number of aromatic nitrogens is 1.